The van der Waals surface area contributed by atoms with Crippen LogP contribution in [0.25, 0.3) is 0 Å². The number of aryl methyl sites for hydroxylation is 1. The number of benzene rings is 2. The van der Waals surface area contributed by atoms with Crippen LogP contribution in [0.4, 0.5) is 4.39 Å². The molecule has 120 valence electrons. The standard InChI is InChI=1S/C17H14ClFO4/c1-10-3-4-12(8-14(10)19)17(21)23-9-15(20)11-5-6-16(22-2)13(18)7-11/h3-8H,9H2,1-2H3. The molecule has 0 saturated carbocycles. The Labute approximate surface area is 137 Å². The van der Waals surface area contributed by atoms with Gasteiger partial charge in [-0.3, -0.25) is 4.79 Å². The maximum Gasteiger partial charge on any atom is 0.338 e. The summed E-state index contributed by atoms with van der Waals surface area (Å²) in [6.45, 7) is 1.12. The van der Waals surface area contributed by atoms with Gasteiger partial charge < -0.3 is 9.47 Å². The Morgan fingerprint density at radius 3 is 2.43 bits per heavy atom. The van der Waals surface area contributed by atoms with Crippen molar-refractivity contribution in [3.63, 3.8) is 0 Å². The van der Waals surface area contributed by atoms with Crippen molar-refractivity contribution in [2.75, 3.05) is 13.7 Å². The van der Waals surface area contributed by atoms with Crippen LogP contribution in [-0.2, 0) is 4.74 Å². The lowest BCUT2D eigenvalue weighted by molar-refractivity contribution is 0.0474. The second-order valence-corrected chi connectivity index (χ2v) is 5.22. The van der Waals surface area contributed by atoms with Gasteiger partial charge in [-0.25, -0.2) is 9.18 Å². The third kappa shape index (κ3) is 4.07. The van der Waals surface area contributed by atoms with Crippen LogP contribution in [-0.4, -0.2) is 25.5 Å². The summed E-state index contributed by atoms with van der Waals surface area (Å²) >= 11 is 5.94. The van der Waals surface area contributed by atoms with Gasteiger partial charge >= 0.3 is 5.97 Å². The lowest BCUT2D eigenvalue weighted by atomic mass is 10.1. The molecular formula is C17H14ClFO4. The largest absolute Gasteiger partial charge is 0.495 e. The smallest absolute Gasteiger partial charge is 0.338 e. The van der Waals surface area contributed by atoms with Crippen molar-refractivity contribution in [3.8, 4) is 5.75 Å². The first-order valence-corrected chi connectivity index (χ1v) is 7.10. The average Bonchev–Trinajstić information content (AvgIpc) is 2.54. The molecule has 0 aliphatic rings. The zero-order valence-electron chi connectivity index (χ0n) is 12.6. The number of methoxy groups -OCH3 is 1. The normalized spacial score (nSPS) is 10.3. The minimum Gasteiger partial charge on any atom is -0.495 e. The summed E-state index contributed by atoms with van der Waals surface area (Å²) in [4.78, 5) is 23.8. The maximum atomic E-state index is 13.4. The van der Waals surface area contributed by atoms with E-state index in [-0.39, 0.29) is 10.6 Å². The summed E-state index contributed by atoms with van der Waals surface area (Å²) in [6, 6.07) is 8.49. The average molecular weight is 337 g/mol. The number of hydrogen-bond donors (Lipinski definition) is 0. The van der Waals surface area contributed by atoms with Gasteiger partial charge in [0.05, 0.1) is 17.7 Å². The van der Waals surface area contributed by atoms with E-state index in [1.165, 1.54) is 31.4 Å². The van der Waals surface area contributed by atoms with E-state index >= 15 is 0 Å². The van der Waals surface area contributed by atoms with Gasteiger partial charge in [0, 0.05) is 5.56 Å². The molecule has 0 atom stereocenters. The van der Waals surface area contributed by atoms with E-state index in [9.17, 15) is 14.0 Å². The summed E-state index contributed by atoms with van der Waals surface area (Å²) in [5.41, 5.74) is 0.762. The first-order chi connectivity index (χ1) is 10.9. The Morgan fingerprint density at radius 1 is 1.13 bits per heavy atom. The van der Waals surface area contributed by atoms with Gasteiger partial charge in [0.25, 0.3) is 0 Å². The molecule has 6 heteroatoms. The molecular weight excluding hydrogens is 323 g/mol. The third-order valence-corrected chi connectivity index (χ3v) is 3.51. The minimum absolute atomic E-state index is 0.0497. The quantitative estimate of drug-likeness (QED) is 0.615. The summed E-state index contributed by atoms with van der Waals surface area (Å²) in [5, 5.41) is 0.283. The Morgan fingerprint density at radius 2 is 1.83 bits per heavy atom. The highest BCUT2D eigenvalue weighted by Crippen LogP contribution is 2.25. The Balaban J connectivity index is 2.02. The molecule has 2 aromatic rings. The second kappa shape index (κ2) is 7.24. The van der Waals surface area contributed by atoms with Gasteiger partial charge in [0.1, 0.15) is 11.6 Å². The molecule has 2 rings (SSSR count). The Kier molecular flexibility index (Phi) is 5.34. The first-order valence-electron chi connectivity index (χ1n) is 6.72. The third-order valence-electron chi connectivity index (χ3n) is 3.22. The van der Waals surface area contributed by atoms with Crippen molar-refractivity contribution in [2.24, 2.45) is 0 Å². The highest BCUT2D eigenvalue weighted by molar-refractivity contribution is 6.32. The van der Waals surface area contributed by atoms with E-state index in [0.717, 1.165) is 6.07 Å². The predicted octanol–water partition coefficient (Wildman–Crippen LogP) is 3.84. The van der Waals surface area contributed by atoms with Gasteiger partial charge in [-0.1, -0.05) is 17.7 Å². The van der Waals surface area contributed by atoms with Crippen LogP contribution in [0.5, 0.6) is 5.75 Å². The van der Waals surface area contributed by atoms with Crippen molar-refractivity contribution in [1.82, 2.24) is 0 Å². The molecule has 0 radical (unpaired) electrons. The van der Waals surface area contributed by atoms with E-state index < -0.39 is 24.2 Å². The van der Waals surface area contributed by atoms with Crippen LogP contribution in [0, 0.1) is 12.7 Å². The summed E-state index contributed by atoms with van der Waals surface area (Å²) < 4.78 is 23.3. The van der Waals surface area contributed by atoms with Crippen molar-refractivity contribution >= 4 is 23.4 Å². The number of esters is 1. The van der Waals surface area contributed by atoms with E-state index in [4.69, 9.17) is 21.1 Å². The fourth-order valence-corrected chi connectivity index (χ4v) is 2.12. The number of ether oxygens (including phenoxy) is 2. The summed E-state index contributed by atoms with van der Waals surface area (Å²) in [6.07, 6.45) is 0. The molecule has 0 heterocycles. The Bertz CT molecular complexity index is 758. The number of carbonyl (C=O) groups excluding carboxylic acids is 2. The van der Waals surface area contributed by atoms with Gasteiger partial charge in [0.15, 0.2) is 12.4 Å². The van der Waals surface area contributed by atoms with Crippen LogP contribution in [0.15, 0.2) is 36.4 Å². The van der Waals surface area contributed by atoms with Crippen LogP contribution < -0.4 is 4.74 Å². The predicted molar refractivity (Wildman–Crippen MR) is 83.8 cm³/mol. The van der Waals surface area contributed by atoms with Gasteiger partial charge in [-0.05, 0) is 42.8 Å². The monoisotopic (exact) mass is 336 g/mol. The van der Waals surface area contributed by atoms with Crippen molar-refractivity contribution in [3.05, 3.63) is 63.9 Å². The fraction of sp³-hybridized carbons (Fsp3) is 0.176. The van der Waals surface area contributed by atoms with Gasteiger partial charge in [-0.2, -0.15) is 0 Å². The lowest BCUT2D eigenvalue weighted by Gasteiger charge is -2.07. The van der Waals surface area contributed by atoms with Crippen molar-refractivity contribution < 1.29 is 23.5 Å². The van der Waals surface area contributed by atoms with E-state index in [2.05, 4.69) is 0 Å². The number of hydrogen-bond acceptors (Lipinski definition) is 4. The van der Waals surface area contributed by atoms with Crippen LogP contribution >= 0.6 is 11.6 Å². The zero-order valence-corrected chi connectivity index (χ0v) is 13.3. The molecule has 0 amide bonds. The fourth-order valence-electron chi connectivity index (χ4n) is 1.86. The number of halogens is 2. The number of Topliss-reactive ketones (excluding diaryl/α,β-unsaturated/α-hetero) is 1. The second-order valence-electron chi connectivity index (χ2n) is 4.81. The maximum absolute atomic E-state index is 13.4. The van der Waals surface area contributed by atoms with E-state index in [0.29, 0.717) is 16.9 Å². The number of ketones is 1. The molecule has 0 aromatic heterocycles. The first kappa shape index (κ1) is 17.0. The van der Waals surface area contributed by atoms with Crippen LogP contribution in [0.1, 0.15) is 26.3 Å². The molecule has 0 aliphatic carbocycles. The number of rotatable bonds is 5. The summed E-state index contributed by atoms with van der Waals surface area (Å²) in [7, 11) is 1.46. The van der Waals surface area contributed by atoms with Crippen molar-refractivity contribution in [2.45, 2.75) is 6.92 Å². The molecule has 0 N–H and O–H groups in total. The highest BCUT2D eigenvalue weighted by atomic mass is 35.5. The van der Waals surface area contributed by atoms with E-state index in [1.54, 1.807) is 13.0 Å². The molecule has 0 fully saturated rings. The molecule has 4 nitrogen and oxygen atoms in total. The van der Waals surface area contributed by atoms with Gasteiger partial charge in [-0.15, -0.1) is 0 Å². The number of carbonyl (C=O) groups is 2. The molecule has 0 aliphatic heterocycles. The molecule has 0 saturated heterocycles. The highest BCUT2D eigenvalue weighted by Gasteiger charge is 2.14. The lowest BCUT2D eigenvalue weighted by Crippen LogP contribution is -2.14. The van der Waals surface area contributed by atoms with Crippen molar-refractivity contribution in [1.29, 1.82) is 0 Å². The van der Waals surface area contributed by atoms with Gasteiger partial charge in [0.2, 0.25) is 0 Å². The zero-order chi connectivity index (χ0) is 17.0. The van der Waals surface area contributed by atoms with Crippen LogP contribution in [0.2, 0.25) is 5.02 Å². The topological polar surface area (TPSA) is 52.6 Å². The minimum atomic E-state index is -0.767. The molecule has 2 aromatic carbocycles. The van der Waals surface area contributed by atoms with Crippen LogP contribution in [0.3, 0.4) is 0 Å². The van der Waals surface area contributed by atoms with E-state index in [1.807, 2.05) is 0 Å². The molecule has 23 heavy (non-hydrogen) atoms. The molecule has 0 bridgehead atoms. The molecule has 0 unspecified atom stereocenters. The Hall–Kier alpha value is -2.40. The SMILES string of the molecule is COc1ccc(C(=O)COC(=O)c2ccc(C)c(F)c2)cc1Cl. The molecule has 0 spiro atoms. The summed E-state index contributed by atoms with van der Waals surface area (Å²) in [5.74, 6) is -1.25.